The van der Waals surface area contributed by atoms with Gasteiger partial charge in [0.15, 0.2) is 4.34 Å². The van der Waals surface area contributed by atoms with Crippen molar-refractivity contribution in [2.45, 2.75) is 18.2 Å². The van der Waals surface area contributed by atoms with E-state index >= 15 is 0 Å². The number of thioether (sulfide) groups is 1. The monoisotopic (exact) mass is 362 g/mol. The Bertz CT molecular complexity index is 813. The smallest absolute Gasteiger partial charge is 0.269 e. The molecule has 8 heteroatoms. The van der Waals surface area contributed by atoms with Gasteiger partial charge in [0.2, 0.25) is 5.13 Å². The van der Waals surface area contributed by atoms with Crippen molar-refractivity contribution >= 4 is 45.5 Å². The lowest BCUT2D eigenvalue weighted by Crippen LogP contribution is -2.11. The highest BCUT2D eigenvalue weighted by molar-refractivity contribution is 8.01. The highest BCUT2D eigenvalue weighted by Crippen LogP contribution is 2.29. The third-order valence-electron chi connectivity index (χ3n) is 2.92. The van der Waals surface area contributed by atoms with Gasteiger partial charge in [0, 0.05) is 5.56 Å². The predicted octanol–water partition coefficient (Wildman–Crippen LogP) is 4.33. The van der Waals surface area contributed by atoms with Crippen LogP contribution >= 0.6 is 34.4 Å². The SMILES string of the molecule is CCSc1nnc(NC(=O)c2sc(-c3ccccc3)nc2C)s1. The van der Waals surface area contributed by atoms with Gasteiger partial charge < -0.3 is 0 Å². The minimum absolute atomic E-state index is 0.189. The van der Waals surface area contributed by atoms with Gasteiger partial charge in [-0.3, -0.25) is 10.1 Å². The number of aryl methyl sites for hydroxylation is 1. The quantitative estimate of drug-likeness (QED) is 0.540. The molecule has 0 aliphatic rings. The van der Waals surface area contributed by atoms with Crippen LogP contribution in [0.5, 0.6) is 0 Å². The Hall–Kier alpha value is -1.77. The molecule has 0 saturated heterocycles. The molecular weight excluding hydrogens is 348 g/mol. The van der Waals surface area contributed by atoms with Crippen LogP contribution in [0, 0.1) is 6.92 Å². The van der Waals surface area contributed by atoms with E-state index in [1.807, 2.05) is 37.3 Å². The summed E-state index contributed by atoms with van der Waals surface area (Å²) in [6, 6.07) is 9.84. The first-order valence-electron chi connectivity index (χ1n) is 6.98. The van der Waals surface area contributed by atoms with E-state index in [0.717, 1.165) is 26.4 Å². The highest BCUT2D eigenvalue weighted by Gasteiger charge is 2.17. The molecule has 0 bridgehead atoms. The van der Waals surface area contributed by atoms with E-state index in [9.17, 15) is 4.79 Å². The third kappa shape index (κ3) is 3.77. The molecule has 0 atom stereocenters. The second kappa shape index (κ2) is 7.20. The molecule has 5 nitrogen and oxygen atoms in total. The first-order chi connectivity index (χ1) is 11.2. The lowest BCUT2D eigenvalue weighted by Gasteiger charge is -1.98. The number of carbonyl (C=O) groups excluding carboxylic acids is 1. The number of nitrogens with zero attached hydrogens (tertiary/aromatic N) is 3. The van der Waals surface area contributed by atoms with Gasteiger partial charge in [-0.15, -0.1) is 21.5 Å². The number of rotatable bonds is 5. The van der Waals surface area contributed by atoms with Crippen LogP contribution in [0.2, 0.25) is 0 Å². The van der Waals surface area contributed by atoms with Gasteiger partial charge >= 0.3 is 0 Å². The Balaban J connectivity index is 1.78. The number of carbonyl (C=O) groups is 1. The maximum Gasteiger partial charge on any atom is 0.269 e. The molecule has 0 aliphatic carbocycles. The van der Waals surface area contributed by atoms with Crippen molar-refractivity contribution in [1.29, 1.82) is 0 Å². The number of hydrogen-bond donors (Lipinski definition) is 1. The van der Waals surface area contributed by atoms with Crippen molar-refractivity contribution in [1.82, 2.24) is 15.2 Å². The lowest BCUT2D eigenvalue weighted by atomic mass is 10.2. The minimum Gasteiger partial charge on any atom is -0.296 e. The fourth-order valence-electron chi connectivity index (χ4n) is 1.91. The molecule has 1 N–H and O–H groups in total. The van der Waals surface area contributed by atoms with Crippen molar-refractivity contribution in [3.05, 3.63) is 40.9 Å². The molecule has 3 aromatic rings. The topological polar surface area (TPSA) is 67.8 Å². The molecule has 3 rings (SSSR count). The van der Waals surface area contributed by atoms with Gasteiger partial charge in [0.05, 0.1) is 5.69 Å². The van der Waals surface area contributed by atoms with E-state index in [2.05, 4.69) is 27.4 Å². The maximum atomic E-state index is 12.4. The molecule has 0 unspecified atom stereocenters. The fraction of sp³-hybridized carbons (Fsp3) is 0.200. The number of anilines is 1. The van der Waals surface area contributed by atoms with Crippen LogP contribution in [-0.4, -0.2) is 26.8 Å². The molecule has 0 fully saturated rings. The van der Waals surface area contributed by atoms with Crippen LogP contribution < -0.4 is 5.32 Å². The number of hydrogen-bond acceptors (Lipinski definition) is 7. The summed E-state index contributed by atoms with van der Waals surface area (Å²) in [6.45, 7) is 3.90. The first kappa shape index (κ1) is 16.1. The van der Waals surface area contributed by atoms with E-state index in [1.54, 1.807) is 11.8 Å². The van der Waals surface area contributed by atoms with Crippen molar-refractivity contribution in [3.63, 3.8) is 0 Å². The summed E-state index contributed by atoms with van der Waals surface area (Å²) in [6.07, 6.45) is 0. The number of thiazole rings is 1. The normalized spacial score (nSPS) is 10.7. The molecule has 23 heavy (non-hydrogen) atoms. The zero-order chi connectivity index (χ0) is 16.2. The largest absolute Gasteiger partial charge is 0.296 e. The summed E-state index contributed by atoms with van der Waals surface area (Å²) in [5.74, 6) is 0.739. The molecule has 0 spiro atoms. The third-order valence-corrected chi connectivity index (χ3v) is 5.98. The van der Waals surface area contributed by atoms with E-state index in [0.29, 0.717) is 10.0 Å². The summed E-state index contributed by atoms with van der Waals surface area (Å²) < 4.78 is 0.855. The van der Waals surface area contributed by atoms with Crippen LogP contribution in [0.4, 0.5) is 5.13 Å². The summed E-state index contributed by atoms with van der Waals surface area (Å²) in [4.78, 5) is 17.5. The van der Waals surface area contributed by atoms with Gasteiger partial charge in [-0.1, -0.05) is 60.4 Å². The lowest BCUT2D eigenvalue weighted by molar-refractivity contribution is 0.102. The highest BCUT2D eigenvalue weighted by atomic mass is 32.2. The fourth-order valence-corrected chi connectivity index (χ4v) is 4.52. The Labute approximate surface area is 146 Å². The Kier molecular flexibility index (Phi) is 5.04. The van der Waals surface area contributed by atoms with Gasteiger partial charge in [-0.05, 0) is 12.7 Å². The van der Waals surface area contributed by atoms with Gasteiger partial charge in [-0.25, -0.2) is 4.98 Å². The van der Waals surface area contributed by atoms with E-state index in [1.165, 1.54) is 22.7 Å². The molecule has 0 aliphatic heterocycles. The Morgan fingerprint density at radius 2 is 2.00 bits per heavy atom. The van der Waals surface area contributed by atoms with Gasteiger partial charge in [-0.2, -0.15) is 0 Å². The van der Waals surface area contributed by atoms with Gasteiger partial charge in [0.25, 0.3) is 5.91 Å². The second-order valence-corrected chi connectivity index (χ2v) is 8.05. The van der Waals surface area contributed by atoms with Crippen LogP contribution in [-0.2, 0) is 0 Å². The van der Waals surface area contributed by atoms with Crippen molar-refractivity contribution < 1.29 is 4.79 Å². The first-order valence-corrected chi connectivity index (χ1v) is 9.59. The standard InChI is InChI=1S/C15H14N4OS3/c1-3-21-15-19-18-14(23-15)17-12(20)11-9(2)16-13(22-11)10-7-5-4-6-8-10/h4-8H,3H2,1-2H3,(H,17,18,20). The summed E-state index contributed by atoms with van der Waals surface area (Å²) in [5, 5.41) is 12.2. The summed E-state index contributed by atoms with van der Waals surface area (Å²) in [5.41, 5.74) is 1.73. The Morgan fingerprint density at radius 1 is 1.22 bits per heavy atom. The average Bonchev–Trinajstić information content (AvgIpc) is 3.15. The number of benzene rings is 1. The van der Waals surface area contributed by atoms with Crippen molar-refractivity contribution in [3.8, 4) is 10.6 Å². The molecule has 1 amide bonds. The Morgan fingerprint density at radius 3 is 2.74 bits per heavy atom. The molecule has 1 aromatic carbocycles. The second-order valence-electron chi connectivity index (χ2n) is 4.56. The van der Waals surface area contributed by atoms with Crippen molar-refractivity contribution in [2.24, 2.45) is 0 Å². The number of aromatic nitrogens is 3. The van der Waals surface area contributed by atoms with E-state index in [-0.39, 0.29) is 5.91 Å². The number of amides is 1. The van der Waals surface area contributed by atoms with Crippen molar-refractivity contribution in [2.75, 3.05) is 11.1 Å². The minimum atomic E-state index is -0.189. The van der Waals surface area contributed by atoms with Crippen LogP contribution in [0.3, 0.4) is 0 Å². The predicted molar refractivity (Wildman–Crippen MR) is 96.5 cm³/mol. The summed E-state index contributed by atoms with van der Waals surface area (Å²) >= 11 is 4.38. The average molecular weight is 363 g/mol. The molecule has 0 saturated carbocycles. The molecule has 0 radical (unpaired) electrons. The maximum absolute atomic E-state index is 12.4. The van der Waals surface area contributed by atoms with Crippen LogP contribution in [0.25, 0.3) is 10.6 Å². The van der Waals surface area contributed by atoms with Crippen LogP contribution in [0.15, 0.2) is 34.7 Å². The molecule has 2 aromatic heterocycles. The molecule has 2 heterocycles. The van der Waals surface area contributed by atoms with Crippen LogP contribution in [0.1, 0.15) is 22.3 Å². The van der Waals surface area contributed by atoms with E-state index < -0.39 is 0 Å². The zero-order valence-electron chi connectivity index (χ0n) is 12.6. The molecule has 118 valence electrons. The number of nitrogens with one attached hydrogen (secondary N) is 1. The van der Waals surface area contributed by atoms with Gasteiger partial charge in [0.1, 0.15) is 9.88 Å². The molecular formula is C15H14N4OS3. The zero-order valence-corrected chi connectivity index (χ0v) is 15.0. The summed E-state index contributed by atoms with van der Waals surface area (Å²) in [7, 11) is 0. The van der Waals surface area contributed by atoms with E-state index in [4.69, 9.17) is 0 Å².